The van der Waals surface area contributed by atoms with E-state index >= 15 is 0 Å². The number of aromatic nitrogens is 3. The van der Waals surface area contributed by atoms with E-state index in [2.05, 4.69) is 32.3 Å². The van der Waals surface area contributed by atoms with Crippen molar-refractivity contribution in [1.82, 2.24) is 24.6 Å². The van der Waals surface area contributed by atoms with E-state index in [1.165, 1.54) is 17.3 Å². The standard InChI is InChI=1S/C20H20F3N5O2/c21-20(22,23)17-12-28-11-16(26-18(28)8-24-17)19(30)25-7-15(29)10-27-6-5-13-3-1-2-4-14(13)9-27/h1-4,8,11-12,15,29H,5-7,9-10H2,(H,25,30)/t15-/m0/s1. The summed E-state index contributed by atoms with van der Waals surface area (Å²) in [6.07, 6.45) is -1.51. The Morgan fingerprint density at radius 2 is 2.00 bits per heavy atom. The molecule has 4 rings (SSSR count). The van der Waals surface area contributed by atoms with Gasteiger partial charge >= 0.3 is 6.18 Å². The first kappa shape index (κ1) is 20.3. The Balaban J connectivity index is 1.33. The highest BCUT2D eigenvalue weighted by Gasteiger charge is 2.33. The molecule has 30 heavy (non-hydrogen) atoms. The molecule has 3 heterocycles. The molecule has 0 spiro atoms. The van der Waals surface area contributed by atoms with E-state index in [0.29, 0.717) is 6.54 Å². The molecular formula is C20H20F3N5O2. The Bertz CT molecular complexity index is 1070. The molecule has 0 unspecified atom stereocenters. The number of hydrogen-bond acceptors (Lipinski definition) is 5. The van der Waals surface area contributed by atoms with Gasteiger partial charge in [-0.3, -0.25) is 9.69 Å². The molecule has 10 heteroatoms. The highest BCUT2D eigenvalue weighted by molar-refractivity contribution is 5.92. The van der Waals surface area contributed by atoms with Crippen LogP contribution < -0.4 is 5.32 Å². The molecule has 1 aromatic carbocycles. The Hall–Kier alpha value is -2.98. The van der Waals surface area contributed by atoms with Gasteiger partial charge in [-0.05, 0) is 17.5 Å². The lowest BCUT2D eigenvalue weighted by atomic mass is 10.00. The number of benzene rings is 1. The fourth-order valence-electron chi connectivity index (χ4n) is 3.53. The van der Waals surface area contributed by atoms with Crippen molar-refractivity contribution in [2.45, 2.75) is 25.2 Å². The summed E-state index contributed by atoms with van der Waals surface area (Å²) in [6, 6.07) is 8.17. The number of amides is 1. The number of aliphatic hydroxyl groups is 1. The maximum atomic E-state index is 12.8. The maximum Gasteiger partial charge on any atom is 0.434 e. The van der Waals surface area contributed by atoms with Gasteiger partial charge in [0.15, 0.2) is 11.3 Å². The third-order valence-corrected chi connectivity index (χ3v) is 5.04. The van der Waals surface area contributed by atoms with E-state index in [4.69, 9.17) is 0 Å². The first-order chi connectivity index (χ1) is 14.3. The van der Waals surface area contributed by atoms with Crippen molar-refractivity contribution in [3.05, 3.63) is 65.4 Å². The lowest BCUT2D eigenvalue weighted by molar-refractivity contribution is -0.141. The summed E-state index contributed by atoms with van der Waals surface area (Å²) < 4.78 is 39.4. The van der Waals surface area contributed by atoms with Gasteiger partial charge in [0.25, 0.3) is 5.91 Å². The van der Waals surface area contributed by atoms with Gasteiger partial charge in [-0.1, -0.05) is 24.3 Å². The monoisotopic (exact) mass is 419 g/mol. The largest absolute Gasteiger partial charge is 0.434 e. The topological polar surface area (TPSA) is 82.8 Å². The maximum absolute atomic E-state index is 12.8. The van der Waals surface area contributed by atoms with Crippen LogP contribution >= 0.6 is 0 Å². The van der Waals surface area contributed by atoms with Crippen molar-refractivity contribution in [3.63, 3.8) is 0 Å². The normalized spacial score (nSPS) is 15.7. The first-order valence-corrected chi connectivity index (χ1v) is 9.47. The Morgan fingerprint density at radius 3 is 2.77 bits per heavy atom. The van der Waals surface area contributed by atoms with Gasteiger partial charge < -0.3 is 14.8 Å². The zero-order valence-corrected chi connectivity index (χ0v) is 15.9. The summed E-state index contributed by atoms with van der Waals surface area (Å²) in [5.74, 6) is -0.574. The van der Waals surface area contributed by atoms with E-state index in [9.17, 15) is 23.1 Å². The zero-order valence-electron chi connectivity index (χ0n) is 15.9. The van der Waals surface area contributed by atoms with Crippen molar-refractivity contribution in [3.8, 4) is 0 Å². The second-order valence-corrected chi connectivity index (χ2v) is 7.28. The van der Waals surface area contributed by atoms with Crippen LogP contribution in [0.1, 0.15) is 27.3 Å². The lowest BCUT2D eigenvalue weighted by Gasteiger charge is -2.30. The van der Waals surface area contributed by atoms with Crippen LogP contribution in [0.3, 0.4) is 0 Å². The minimum absolute atomic E-state index is 0.0108. The Kier molecular flexibility index (Phi) is 5.44. The molecule has 2 aromatic heterocycles. The molecule has 0 bridgehead atoms. The van der Waals surface area contributed by atoms with Crippen LogP contribution in [0.5, 0.6) is 0 Å². The summed E-state index contributed by atoms with van der Waals surface area (Å²) >= 11 is 0. The third kappa shape index (κ3) is 4.44. The van der Waals surface area contributed by atoms with Gasteiger partial charge in [-0.15, -0.1) is 0 Å². The molecule has 2 N–H and O–H groups in total. The zero-order chi connectivity index (χ0) is 21.3. The van der Waals surface area contributed by atoms with E-state index in [1.54, 1.807) is 0 Å². The van der Waals surface area contributed by atoms with Crippen LogP contribution in [-0.2, 0) is 19.1 Å². The molecule has 0 saturated heterocycles. The molecule has 0 aliphatic carbocycles. The van der Waals surface area contributed by atoms with Crippen molar-refractivity contribution in [2.24, 2.45) is 0 Å². The lowest BCUT2D eigenvalue weighted by Crippen LogP contribution is -2.42. The molecule has 7 nitrogen and oxygen atoms in total. The molecule has 1 aliphatic heterocycles. The van der Waals surface area contributed by atoms with Crippen LogP contribution in [0.4, 0.5) is 13.2 Å². The van der Waals surface area contributed by atoms with E-state index in [-0.39, 0.29) is 17.9 Å². The number of nitrogens with zero attached hydrogens (tertiary/aromatic N) is 4. The molecule has 0 saturated carbocycles. The molecular weight excluding hydrogens is 399 g/mol. The van der Waals surface area contributed by atoms with Gasteiger partial charge in [0, 0.05) is 38.6 Å². The second kappa shape index (κ2) is 8.04. The third-order valence-electron chi connectivity index (χ3n) is 5.04. The van der Waals surface area contributed by atoms with Crippen molar-refractivity contribution in [1.29, 1.82) is 0 Å². The highest BCUT2D eigenvalue weighted by atomic mass is 19.4. The SMILES string of the molecule is O=C(NC[C@H](O)CN1CCc2ccccc2C1)c1cn2cc(C(F)(F)F)ncc2n1. The van der Waals surface area contributed by atoms with Crippen molar-refractivity contribution >= 4 is 11.6 Å². The number of halogens is 3. The minimum Gasteiger partial charge on any atom is -0.390 e. The second-order valence-electron chi connectivity index (χ2n) is 7.28. The summed E-state index contributed by atoms with van der Waals surface area (Å²) in [5.41, 5.74) is 1.55. The van der Waals surface area contributed by atoms with Crippen LogP contribution in [0, 0.1) is 0 Å². The summed E-state index contributed by atoms with van der Waals surface area (Å²) in [6.45, 7) is 1.97. The fraction of sp³-hybridized carbons (Fsp3) is 0.350. The summed E-state index contributed by atoms with van der Waals surface area (Å²) in [5, 5.41) is 12.9. The van der Waals surface area contributed by atoms with Gasteiger partial charge in [-0.25, -0.2) is 9.97 Å². The van der Waals surface area contributed by atoms with E-state index < -0.39 is 23.9 Å². The van der Waals surface area contributed by atoms with Crippen LogP contribution in [0.15, 0.2) is 42.9 Å². The average molecular weight is 419 g/mol. The summed E-state index contributed by atoms with van der Waals surface area (Å²) in [4.78, 5) is 21.7. The number of carbonyl (C=O) groups excluding carboxylic acids is 1. The molecule has 3 aromatic rings. The predicted molar refractivity (Wildman–Crippen MR) is 102 cm³/mol. The Morgan fingerprint density at radius 1 is 1.23 bits per heavy atom. The van der Waals surface area contributed by atoms with Crippen LogP contribution in [0.25, 0.3) is 5.65 Å². The molecule has 0 fully saturated rings. The number of rotatable bonds is 5. The number of β-amino-alcohol motifs (C(OH)–C–C–N with tert-alkyl or cyclic N) is 1. The number of hydrogen-bond donors (Lipinski definition) is 2. The molecule has 0 radical (unpaired) electrons. The minimum atomic E-state index is -4.58. The smallest absolute Gasteiger partial charge is 0.390 e. The molecule has 158 valence electrons. The summed E-state index contributed by atoms with van der Waals surface area (Å²) in [7, 11) is 0. The van der Waals surface area contributed by atoms with Gasteiger partial charge in [0.2, 0.25) is 0 Å². The van der Waals surface area contributed by atoms with E-state index in [1.807, 2.05) is 12.1 Å². The molecule has 1 atom stereocenters. The number of imidazole rings is 1. The van der Waals surface area contributed by atoms with Gasteiger partial charge in [0.1, 0.15) is 5.69 Å². The van der Waals surface area contributed by atoms with Crippen LogP contribution in [-0.4, -0.2) is 56.0 Å². The first-order valence-electron chi connectivity index (χ1n) is 9.47. The number of nitrogens with one attached hydrogen (secondary N) is 1. The quantitative estimate of drug-likeness (QED) is 0.660. The van der Waals surface area contributed by atoms with Crippen LogP contribution in [0.2, 0.25) is 0 Å². The number of carbonyl (C=O) groups is 1. The fourth-order valence-corrected chi connectivity index (χ4v) is 3.53. The molecule has 1 aliphatic rings. The number of aliphatic hydroxyl groups excluding tert-OH is 1. The van der Waals surface area contributed by atoms with E-state index in [0.717, 1.165) is 36.3 Å². The van der Waals surface area contributed by atoms with Gasteiger partial charge in [-0.2, -0.15) is 13.2 Å². The average Bonchev–Trinajstić information content (AvgIpc) is 3.15. The molecule has 1 amide bonds. The predicted octanol–water partition coefficient (Wildman–Crippen LogP) is 1.90. The van der Waals surface area contributed by atoms with Crippen molar-refractivity contribution in [2.75, 3.05) is 19.6 Å². The number of fused-ring (bicyclic) bond motifs is 2. The van der Waals surface area contributed by atoms with Gasteiger partial charge in [0.05, 0.1) is 12.3 Å². The Labute approximate surface area is 170 Å². The highest BCUT2D eigenvalue weighted by Crippen LogP contribution is 2.27. The number of alkyl halides is 3. The van der Waals surface area contributed by atoms with Crippen molar-refractivity contribution < 1.29 is 23.1 Å².